The van der Waals surface area contributed by atoms with E-state index in [1.165, 1.54) is 23.6 Å². The molecule has 0 aliphatic carbocycles. The first kappa shape index (κ1) is 15.4. The Kier molecular flexibility index (Phi) is 3.76. The van der Waals surface area contributed by atoms with Gasteiger partial charge in [0.15, 0.2) is 0 Å². The van der Waals surface area contributed by atoms with E-state index in [0.29, 0.717) is 24.3 Å². The summed E-state index contributed by atoms with van der Waals surface area (Å²) >= 11 is 0. The van der Waals surface area contributed by atoms with Gasteiger partial charge in [-0.3, -0.25) is 9.59 Å². The number of H-pyrrole nitrogens is 1. The molecule has 5 nitrogen and oxygen atoms in total. The van der Waals surface area contributed by atoms with Gasteiger partial charge in [-0.1, -0.05) is 24.3 Å². The summed E-state index contributed by atoms with van der Waals surface area (Å²) in [5.74, 6) is -0.158. The van der Waals surface area contributed by atoms with Gasteiger partial charge >= 0.3 is 0 Å². The third kappa shape index (κ3) is 2.89. The SMILES string of the molecule is CC(=O)Nc1cccc(C(=O)N2CCc3[nH]c4ccccc4c3C2)c1. The summed E-state index contributed by atoms with van der Waals surface area (Å²) in [5.41, 5.74) is 4.78. The molecule has 4 rings (SSSR count). The molecule has 1 aromatic heterocycles. The molecule has 1 aliphatic rings. The van der Waals surface area contributed by atoms with Gasteiger partial charge in [-0.2, -0.15) is 0 Å². The molecule has 0 saturated carbocycles. The quantitative estimate of drug-likeness (QED) is 0.755. The van der Waals surface area contributed by atoms with Crippen LogP contribution in [-0.2, 0) is 17.8 Å². The summed E-state index contributed by atoms with van der Waals surface area (Å²) in [6.45, 7) is 2.74. The highest BCUT2D eigenvalue weighted by Gasteiger charge is 2.24. The number of para-hydroxylation sites is 1. The Morgan fingerprint density at radius 3 is 2.80 bits per heavy atom. The second-order valence-corrected chi connectivity index (χ2v) is 6.37. The van der Waals surface area contributed by atoms with Crippen molar-refractivity contribution in [3.63, 3.8) is 0 Å². The van der Waals surface area contributed by atoms with E-state index in [9.17, 15) is 9.59 Å². The van der Waals surface area contributed by atoms with Gasteiger partial charge in [-0.05, 0) is 24.3 Å². The van der Waals surface area contributed by atoms with E-state index in [1.807, 2.05) is 17.0 Å². The number of carbonyl (C=O) groups excluding carboxylic acids is 2. The number of fused-ring (bicyclic) bond motifs is 3. The van der Waals surface area contributed by atoms with Crippen molar-refractivity contribution >= 4 is 28.4 Å². The lowest BCUT2D eigenvalue weighted by Gasteiger charge is -2.27. The summed E-state index contributed by atoms with van der Waals surface area (Å²) < 4.78 is 0. The fraction of sp³-hybridized carbons (Fsp3) is 0.200. The fourth-order valence-electron chi connectivity index (χ4n) is 3.46. The number of aromatic nitrogens is 1. The van der Waals surface area contributed by atoms with Gasteiger partial charge in [-0.15, -0.1) is 0 Å². The Morgan fingerprint density at radius 1 is 1.12 bits per heavy atom. The molecule has 2 heterocycles. The van der Waals surface area contributed by atoms with Gasteiger partial charge in [0.1, 0.15) is 0 Å². The Morgan fingerprint density at radius 2 is 1.96 bits per heavy atom. The molecule has 0 radical (unpaired) electrons. The van der Waals surface area contributed by atoms with Crippen LogP contribution in [0.1, 0.15) is 28.5 Å². The molecule has 0 fully saturated rings. The first-order valence-electron chi connectivity index (χ1n) is 8.37. The lowest BCUT2D eigenvalue weighted by molar-refractivity contribution is -0.114. The molecule has 2 N–H and O–H groups in total. The molecule has 25 heavy (non-hydrogen) atoms. The van der Waals surface area contributed by atoms with E-state index in [4.69, 9.17) is 0 Å². The summed E-state index contributed by atoms with van der Waals surface area (Å²) in [6.07, 6.45) is 0.821. The zero-order valence-electron chi connectivity index (χ0n) is 14.0. The Bertz CT molecular complexity index is 974. The number of rotatable bonds is 2. The number of amides is 2. The zero-order valence-corrected chi connectivity index (χ0v) is 14.0. The van der Waals surface area contributed by atoms with Crippen LogP contribution in [0.15, 0.2) is 48.5 Å². The van der Waals surface area contributed by atoms with Gasteiger partial charge in [0.2, 0.25) is 5.91 Å². The van der Waals surface area contributed by atoms with Gasteiger partial charge in [-0.25, -0.2) is 0 Å². The molecule has 0 spiro atoms. The predicted octanol–water partition coefficient (Wildman–Crippen LogP) is 3.32. The van der Waals surface area contributed by atoms with Crippen molar-refractivity contribution < 1.29 is 9.59 Å². The van der Waals surface area contributed by atoms with E-state index in [2.05, 4.69) is 22.4 Å². The largest absolute Gasteiger partial charge is 0.358 e. The van der Waals surface area contributed by atoms with Gasteiger partial charge in [0.05, 0.1) is 0 Å². The lowest BCUT2D eigenvalue weighted by atomic mass is 10.0. The van der Waals surface area contributed by atoms with E-state index in [-0.39, 0.29) is 11.8 Å². The maximum Gasteiger partial charge on any atom is 0.254 e. The molecule has 2 amide bonds. The first-order chi connectivity index (χ1) is 12.1. The molecule has 126 valence electrons. The van der Waals surface area contributed by atoms with Crippen molar-refractivity contribution in [3.8, 4) is 0 Å². The van der Waals surface area contributed by atoms with Crippen molar-refractivity contribution in [2.24, 2.45) is 0 Å². The van der Waals surface area contributed by atoms with Crippen LogP contribution in [0.4, 0.5) is 5.69 Å². The fourth-order valence-corrected chi connectivity index (χ4v) is 3.46. The Hall–Kier alpha value is -3.08. The summed E-state index contributed by atoms with van der Waals surface area (Å²) in [6, 6.07) is 15.3. The molecule has 1 aliphatic heterocycles. The number of benzene rings is 2. The van der Waals surface area contributed by atoms with E-state index < -0.39 is 0 Å². The highest BCUT2D eigenvalue weighted by atomic mass is 16.2. The van der Waals surface area contributed by atoms with Crippen LogP contribution in [0.2, 0.25) is 0 Å². The van der Waals surface area contributed by atoms with Crippen molar-refractivity contribution in [1.82, 2.24) is 9.88 Å². The molecule has 0 unspecified atom stereocenters. The maximum absolute atomic E-state index is 12.9. The van der Waals surface area contributed by atoms with Crippen molar-refractivity contribution in [1.29, 1.82) is 0 Å². The zero-order chi connectivity index (χ0) is 17.4. The highest BCUT2D eigenvalue weighted by Crippen LogP contribution is 2.28. The van der Waals surface area contributed by atoms with Crippen LogP contribution in [0, 0.1) is 0 Å². The van der Waals surface area contributed by atoms with Crippen LogP contribution in [0.5, 0.6) is 0 Å². The number of aromatic amines is 1. The average Bonchev–Trinajstić information content (AvgIpc) is 2.98. The maximum atomic E-state index is 12.9. The second-order valence-electron chi connectivity index (χ2n) is 6.37. The number of nitrogens with one attached hydrogen (secondary N) is 2. The molecule has 3 aromatic rings. The Balaban J connectivity index is 1.61. The van der Waals surface area contributed by atoms with Crippen LogP contribution >= 0.6 is 0 Å². The third-order valence-electron chi connectivity index (χ3n) is 4.60. The number of nitrogens with zero attached hydrogens (tertiary/aromatic N) is 1. The second kappa shape index (κ2) is 6.09. The number of hydrogen-bond donors (Lipinski definition) is 2. The highest BCUT2D eigenvalue weighted by molar-refractivity contribution is 5.97. The standard InChI is InChI=1S/C20H19N3O2/c1-13(24)21-15-6-4-5-14(11-15)20(25)23-10-9-19-17(12-23)16-7-2-3-8-18(16)22-19/h2-8,11,22H,9-10,12H2,1H3,(H,21,24). The predicted molar refractivity (Wildman–Crippen MR) is 97.5 cm³/mol. The van der Waals surface area contributed by atoms with Crippen LogP contribution in [0.25, 0.3) is 10.9 Å². The monoisotopic (exact) mass is 333 g/mol. The minimum Gasteiger partial charge on any atom is -0.358 e. The Labute approximate surface area is 145 Å². The number of anilines is 1. The summed E-state index contributed by atoms with van der Waals surface area (Å²) in [7, 11) is 0. The smallest absolute Gasteiger partial charge is 0.254 e. The topological polar surface area (TPSA) is 65.2 Å². The van der Waals surface area contributed by atoms with Crippen LogP contribution < -0.4 is 5.32 Å². The van der Waals surface area contributed by atoms with Gasteiger partial charge in [0.25, 0.3) is 5.91 Å². The molecular weight excluding hydrogens is 314 g/mol. The van der Waals surface area contributed by atoms with Gasteiger partial charge in [0, 0.05) is 59.8 Å². The normalized spacial score (nSPS) is 13.6. The van der Waals surface area contributed by atoms with E-state index >= 15 is 0 Å². The van der Waals surface area contributed by atoms with Crippen LogP contribution in [0.3, 0.4) is 0 Å². The van der Waals surface area contributed by atoms with Crippen molar-refractivity contribution in [2.45, 2.75) is 19.9 Å². The molecule has 0 saturated heterocycles. The van der Waals surface area contributed by atoms with Crippen molar-refractivity contribution in [3.05, 3.63) is 65.4 Å². The molecule has 2 aromatic carbocycles. The minimum absolute atomic E-state index is 0.0110. The molecule has 0 bridgehead atoms. The molecule has 0 atom stereocenters. The van der Waals surface area contributed by atoms with E-state index in [0.717, 1.165) is 11.9 Å². The van der Waals surface area contributed by atoms with E-state index in [1.54, 1.807) is 24.3 Å². The lowest BCUT2D eigenvalue weighted by Crippen LogP contribution is -2.35. The summed E-state index contributed by atoms with van der Waals surface area (Å²) in [4.78, 5) is 29.5. The van der Waals surface area contributed by atoms with Crippen molar-refractivity contribution in [2.75, 3.05) is 11.9 Å². The summed E-state index contributed by atoms with van der Waals surface area (Å²) in [5, 5.41) is 3.91. The number of hydrogen-bond acceptors (Lipinski definition) is 2. The molecule has 5 heteroatoms. The van der Waals surface area contributed by atoms with Crippen LogP contribution in [-0.4, -0.2) is 28.2 Å². The third-order valence-corrected chi connectivity index (χ3v) is 4.60. The average molecular weight is 333 g/mol. The van der Waals surface area contributed by atoms with Gasteiger partial charge < -0.3 is 15.2 Å². The first-order valence-corrected chi connectivity index (χ1v) is 8.37. The molecular formula is C20H19N3O2. The number of carbonyl (C=O) groups is 2. The minimum atomic E-state index is -0.147.